The van der Waals surface area contributed by atoms with Crippen molar-refractivity contribution in [2.75, 3.05) is 26.3 Å². The van der Waals surface area contributed by atoms with Crippen molar-refractivity contribution < 1.29 is 18.7 Å². The summed E-state index contributed by atoms with van der Waals surface area (Å²) in [4.78, 5) is 18.6. The second-order valence-electron chi connectivity index (χ2n) is 8.35. The predicted molar refractivity (Wildman–Crippen MR) is 127 cm³/mol. The molecule has 0 aliphatic carbocycles. The molecule has 6 nitrogen and oxygen atoms in total. The van der Waals surface area contributed by atoms with Gasteiger partial charge in [-0.05, 0) is 68.6 Å². The number of rotatable bonds is 10. The molecule has 0 atom stereocenters. The number of benzene rings is 2. The average molecular weight is 449 g/mol. The number of aromatic nitrogens is 1. The highest BCUT2D eigenvalue weighted by molar-refractivity contribution is 5.69. The van der Waals surface area contributed by atoms with Crippen molar-refractivity contribution in [3.63, 3.8) is 0 Å². The molecular weight excluding hydrogens is 416 g/mol. The monoisotopic (exact) mass is 448 g/mol. The summed E-state index contributed by atoms with van der Waals surface area (Å²) >= 11 is 0. The zero-order chi connectivity index (χ0) is 23.0. The molecule has 2 heterocycles. The fourth-order valence-corrected chi connectivity index (χ4v) is 4.18. The molecule has 33 heavy (non-hydrogen) atoms. The van der Waals surface area contributed by atoms with E-state index in [0.717, 1.165) is 55.2 Å². The Morgan fingerprint density at radius 1 is 1.15 bits per heavy atom. The Hall–Kier alpha value is -3.12. The number of ether oxygens (including phenoxy) is 2. The molecule has 1 aliphatic rings. The Morgan fingerprint density at radius 3 is 2.82 bits per heavy atom. The van der Waals surface area contributed by atoms with E-state index in [1.54, 1.807) is 0 Å². The van der Waals surface area contributed by atoms with E-state index in [1.165, 1.54) is 11.1 Å². The van der Waals surface area contributed by atoms with Gasteiger partial charge >= 0.3 is 5.97 Å². The Kier molecular flexibility index (Phi) is 7.79. The molecule has 0 amide bonds. The second kappa shape index (κ2) is 11.1. The van der Waals surface area contributed by atoms with Crippen LogP contribution in [-0.4, -0.2) is 42.2 Å². The van der Waals surface area contributed by atoms with E-state index < -0.39 is 0 Å². The van der Waals surface area contributed by atoms with Gasteiger partial charge in [-0.3, -0.25) is 9.69 Å². The zero-order valence-electron chi connectivity index (χ0n) is 19.5. The van der Waals surface area contributed by atoms with Crippen LogP contribution in [-0.2, 0) is 28.9 Å². The third kappa shape index (κ3) is 6.23. The molecule has 3 aromatic rings. The van der Waals surface area contributed by atoms with Gasteiger partial charge in [-0.15, -0.1) is 0 Å². The quantitative estimate of drug-likeness (QED) is 0.408. The van der Waals surface area contributed by atoms with Crippen LogP contribution < -0.4 is 4.74 Å². The summed E-state index contributed by atoms with van der Waals surface area (Å²) in [6.07, 6.45) is 3.02. The maximum atomic E-state index is 11.6. The molecule has 0 radical (unpaired) electrons. The zero-order valence-corrected chi connectivity index (χ0v) is 19.5. The van der Waals surface area contributed by atoms with Gasteiger partial charge in [0.2, 0.25) is 5.89 Å². The van der Waals surface area contributed by atoms with Gasteiger partial charge in [0.15, 0.2) is 0 Å². The molecule has 4 rings (SSSR count). The second-order valence-corrected chi connectivity index (χ2v) is 8.35. The summed E-state index contributed by atoms with van der Waals surface area (Å²) in [5.41, 5.74) is 4.59. The van der Waals surface area contributed by atoms with Crippen LogP contribution in [0.5, 0.6) is 5.75 Å². The minimum atomic E-state index is -0.108. The van der Waals surface area contributed by atoms with Crippen LogP contribution in [0.2, 0.25) is 0 Å². The van der Waals surface area contributed by atoms with Crippen molar-refractivity contribution in [3.8, 4) is 17.2 Å². The summed E-state index contributed by atoms with van der Waals surface area (Å²) in [5, 5.41) is 0. The van der Waals surface area contributed by atoms with Crippen molar-refractivity contribution in [3.05, 3.63) is 71.1 Å². The first kappa shape index (κ1) is 23.1. The van der Waals surface area contributed by atoms with Crippen molar-refractivity contribution in [2.45, 2.75) is 46.1 Å². The molecule has 0 fully saturated rings. The highest BCUT2D eigenvalue weighted by Crippen LogP contribution is 2.25. The van der Waals surface area contributed by atoms with E-state index in [2.05, 4.69) is 28.1 Å². The largest absolute Gasteiger partial charge is 0.493 e. The van der Waals surface area contributed by atoms with Gasteiger partial charge in [0.05, 0.1) is 18.9 Å². The number of nitrogens with zero attached hydrogens (tertiary/aromatic N) is 2. The van der Waals surface area contributed by atoms with Gasteiger partial charge in [0.1, 0.15) is 11.5 Å². The van der Waals surface area contributed by atoms with Crippen LogP contribution in [0.25, 0.3) is 11.5 Å². The molecule has 2 aromatic carbocycles. The number of esters is 1. The molecule has 1 aromatic heterocycles. The highest BCUT2D eigenvalue weighted by Gasteiger charge is 2.17. The molecule has 6 heteroatoms. The SMILES string of the molecule is CCOC(=O)CCCN1CCc2ccc(OCCc3nc(-c4ccccc4)oc3C)cc2C1. The average Bonchev–Trinajstić information content (AvgIpc) is 3.20. The molecule has 0 saturated carbocycles. The molecule has 0 saturated heterocycles. The molecule has 0 unspecified atom stereocenters. The third-order valence-corrected chi connectivity index (χ3v) is 5.95. The molecule has 0 spiro atoms. The first-order valence-corrected chi connectivity index (χ1v) is 11.8. The molecule has 174 valence electrons. The van der Waals surface area contributed by atoms with Gasteiger partial charge in [0, 0.05) is 31.5 Å². The maximum absolute atomic E-state index is 11.6. The van der Waals surface area contributed by atoms with E-state index in [9.17, 15) is 4.79 Å². The number of fused-ring (bicyclic) bond motifs is 1. The van der Waals surface area contributed by atoms with Crippen LogP contribution in [0.4, 0.5) is 0 Å². The predicted octanol–water partition coefficient (Wildman–Crippen LogP) is 4.97. The lowest BCUT2D eigenvalue weighted by atomic mass is 9.99. The number of aryl methyl sites for hydroxylation is 1. The lowest BCUT2D eigenvalue weighted by molar-refractivity contribution is -0.143. The first-order valence-electron chi connectivity index (χ1n) is 11.8. The smallest absolute Gasteiger partial charge is 0.305 e. The molecule has 1 aliphatic heterocycles. The number of oxazole rings is 1. The van der Waals surface area contributed by atoms with Crippen molar-refractivity contribution in [1.29, 1.82) is 0 Å². The van der Waals surface area contributed by atoms with E-state index in [4.69, 9.17) is 13.9 Å². The van der Waals surface area contributed by atoms with Crippen LogP contribution in [0.1, 0.15) is 42.3 Å². The van der Waals surface area contributed by atoms with E-state index in [-0.39, 0.29) is 5.97 Å². The van der Waals surface area contributed by atoms with Crippen molar-refractivity contribution >= 4 is 5.97 Å². The maximum Gasteiger partial charge on any atom is 0.305 e. The van der Waals surface area contributed by atoms with Crippen LogP contribution in [0, 0.1) is 6.92 Å². The minimum Gasteiger partial charge on any atom is -0.493 e. The lowest BCUT2D eigenvalue weighted by Crippen LogP contribution is -2.31. The number of carbonyl (C=O) groups excluding carboxylic acids is 1. The minimum absolute atomic E-state index is 0.108. The summed E-state index contributed by atoms with van der Waals surface area (Å²) in [6.45, 7) is 7.59. The normalized spacial score (nSPS) is 13.5. The van der Waals surface area contributed by atoms with Crippen LogP contribution >= 0.6 is 0 Å². The summed E-state index contributed by atoms with van der Waals surface area (Å²) < 4.78 is 16.9. The summed E-state index contributed by atoms with van der Waals surface area (Å²) in [5.74, 6) is 2.26. The first-order chi connectivity index (χ1) is 16.1. The van der Waals surface area contributed by atoms with Crippen molar-refractivity contribution in [2.24, 2.45) is 0 Å². The van der Waals surface area contributed by atoms with Gasteiger partial charge in [0.25, 0.3) is 0 Å². The van der Waals surface area contributed by atoms with Gasteiger partial charge < -0.3 is 13.9 Å². The summed E-state index contributed by atoms with van der Waals surface area (Å²) in [6, 6.07) is 16.3. The standard InChI is InChI=1S/C27H32N2O4/c1-3-31-26(30)10-7-15-29-16-13-21-11-12-24(18-23(21)19-29)32-17-14-25-20(2)33-27(28-25)22-8-5-4-6-9-22/h4-6,8-9,11-12,18H,3,7,10,13-17,19H2,1-2H3. The van der Waals surface area contributed by atoms with E-state index in [0.29, 0.717) is 31.9 Å². The molecule has 0 bridgehead atoms. The summed E-state index contributed by atoms with van der Waals surface area (Å²) in [7, 11) is 0. The Bertz CT molecular complexity index is 1060. The number of hydrogen-bond acceptors (Lipinski definition) is 6. The number of hydrogen-bond donors (Lipinski definition) is 0. The lowest BCUT2D eigenvalue weighted by Gasteiger charge is -2.29. The molecular formula is C27H32N2O4. The van der Waals surface area contributed by atoms with Crippen LogP contribution in [0.15, 0.2) is 52.9 Å². The fourth-order valence-electron chi connectivity index (χ4n) is 4.18. The van der Waals surface area contributed by atoms with Gasteiger partial charge in [-0.2, -0.15) is 0 Å². The molecule has 0 N–H and O–H groups in total. The van der Waals surface area contributed by atoms with E-state index >= 15 is 0 Å². The Morgan fingerprint density at radius 2 is 2.00 bits per heavy atom. The topological polar surface area (TPSA) is 64.8 Å². The van der Waals surface area contributed by atoms with Gasteiger partial charge in [-0.1, -0.05) is 24.3 Å². The van der Waals surface area contributed by atoms with Crippen molar-refractivity contribution in [1.82, 2.24) is 9.88 Å². The third-order valence-electron chi connectivity index (χ3n) is 5.95. The van der Waals surface area contributed by atoms with Crippen LogP contribution in [0.3, 0.4) is 0 Å². The highest BCUT2D eigenvalue weighted by atomic mass is 16.5. The Labute approximate surface area is 195 Å². The fraction of sp³-hybridized carbons (Fsp3) is 0.407. The van der Waals surface area contributed by atoms with Gasteiger partial charge in [-0.25, -0.2) is 4.98 Å². The van der Waals surface area contributed by atoms with E-state index in [1.807, 2.05) is 44.2 Å². The number of carbonyl (C=O) groups is 1. The Balaban J connectivity index is 1.28.